The Labute approximate surface area is 116 Å². The first kappa shape index (κ1) is 14.0. The summed E-state index contributed by atoms with van der Waals surface area (Å²) in [5.41, 5.74) is 2.44. The lowest BCUT2D eigenvalue weighted by Crippen LogP contribution is -2.41. The average Bonchev–Trinajstić information content (AvgIpc) is 2.40. The molecule has 1 aliphatic heterocycles. The molecule has 0 spiro atoms. The third-order valence-corrected chi connectivity index (χ3v) is 4.02. The molecule has 0 aliphatic carbocycles. The zero-order valence-corrected chi connectivity index (χ0v) is 12.0. The molecule has 3 nitrogen and oxygen atoms in total. The largest absolute Gasteiger partial charge is 0.306 e. The minimum Gasteiger partial charge on any atom is -0.306 e. The minimum absolute atomic E-state index is 0.506. The molecule has 0 bridgehead atoms. The van der Waals surface area contributed by atoms with Crippen molar-refractivity contribution in [3.05, 3.63) is 35.4 Å². The summed E-state index contributed by atoms with van der Waals surface area (Å²) in [6, 6.07) is 11.3. The Balaban J connectivity index is 1.93. The van der Waals surface area contributed by atoms with Crippen molar-refractivity contribution >= 4 is 0 Å². The molecule has 0 atom stereocenters. The second kappa shape index (κ2) is 6.70. The van der Waals surface area contributed by atoms with E-state index in [1.807, 2.05) is 6.07 Å². The van der Waals surface area contributed by atoms with E-state index in [-0.39, 0.29) is 0 Å². The molecule has 0 aromatic heterocycles. The van der Waals surface area contributed by atoms with Crippen LogP contribution in [0.25, 0.3) is 0 Å². The van der Waals surface area contributed by atoms with Crippen LogP contribution >= 0.6 is 0 Å². The van der Waals surface area contributed by atoms with Gasteiger partial charge in [0, 0.05) is 12.6 Å². The molecule has 1 aliphatic rings. The molecule has 102 valence electrons. The highest BCUT2D eigenvalue weighted by molar-refractivity contribution is 5.25. The average molecular weight is 257 g/mol. The van der Waals surface area contributed by atoms with E-state index in [2.05, 4.69) is 48.2 Å². The highest BCUT2D eigenvalue weighted by atomic mass is 15.2. The number of benzene rings is 1. The maximum Gasteiger partial charge on any atom is 0.0669 e. The highest BCUT2D eigenvalue weighted by Gasteiger charge is 2.20. The van der Waals surface area contributed by atoms with E-state index in [0.717, 1.165) is 12.1 Å². The Morgan fingerprint density at radius 1 is 1.32 bits per heavy atom. The lowest BCUT2D eigenvalue weighted by atomic mass is 10.0. The van der Waals surface area contributed by atoms with Crippen LogP contribution in [0.4, 0.5) is 0 Å². The van der Waals surface area contributed by atoms with E-state index in [1.54, 1.807) is 0 Å². The Kier molecular flexibility index (Phi) is 4.95. The van der Waals surface area contributed by atoms with Crippen molar-refractivity contribution in [3.63, 3.8) is 0 Å². The Bertz CT molecular complexity index is 442. The van der Waals surface area contributed by atoms with Crippen LogP contribution in [0.15, 0.2) is 24.3 Å². The lowest BCUT2D eigenvalue weighted by Gasteiger charge is -2.35. The molecule has 1 fully saturated rings. The van der Waals surface area contributed by atoms with Gasteiger partial charge in [0.2, 0.25) is 0 Å². The summed E-state index contributed by atoms with van der Waals surface area (Å²) in [6.07, 6.45) is 3.02. The van der Waals surface area contributed by atoms with E-state index < -0.39 is 0 Å². The number of piperidine rings is 1. The van der Waals surface area contributed by atoms with Gasteiger partial charge in [-0.15, -0.1) is 0 Å². The molecule has 0 saturated carbocycles. The summed E-state index contributed by atoms with van der Waals surface area (Å²) in [5, 5.41) is 8.76. The van der Waals surface area contributed by atoms with Gasteiger partial charge in [0.25, 0.3) is 0 Å². The number of hydrogen-bond donors (Lipinski definition) is 0. The van der Waals surface area contributed by atoms with E-state index in [0.29, 0.717) is 12.5 Å². The van der Waals surface area contributed by atoms with Crippen LogP contribution in [0.5, 0.6) is 0 Å². The molecule has 1 heterocycles. The lowest BCUT2D eigenvalue weighted by molar-refractivity contribution is 0.139. The zero-order chi connectivity index (χ0) is 13.7. The molecule has 2 rings (SSSR count). The van der Waals surface area contributed by atoms with E-state index >= 15 is 0 Å². The van der Waals surface area contributed by atoms with Gasteiger partial charge in [-0.1, -0.05) is 24.3 Å². The second-order valence-electron chi connectivity index (χ2n) is 5.60. The molecule has 0 radical (unpaired) electrons. The Morgan fingerprint density at radius 2 is 2.00 bits per heavy atom. The molecule has 1 saturated heterocycles. The van der Waals surface area contributed by atoms with Crippen molar-refractivity contribution in [2.24, 2.45) is 0 Å². The normalized spacial score (nSPS) is 17.6. The number of nitriles is 1. The van der Waals surface area contributed by atoms with Gasteiger partial charge in [-0.05, 0) is 51.2 Å². The maximum atomic E-state index is 8.76. The van der Waals surface area contributed by atoms with Crippen LogP contribution in [0.1, 0.15) is 24.0 Å². The summed E-state index contributed by atoms with van der Waals surface area (Å²) < 4.78 is 0. The van der Waals surface area contributed by atoms with Gasteiger partial charge in [-0.2, -0.15) is 5.26 Å². The first-order valence-electron chi connectivity index (χ1n) is 7.02. The zero-order valence-electron chi connectivity index (χ0n) is 12.0. The predicted molar refractivity (Wildman–Crippen MR) is 77.7 cm³/mol. The minimum atomic E-state index is 0.506. The van der Waals surface area contributed by atoms with Gasteiger partial charge in [0.05, 0.1) is 12.5 Å². The standard InChI is InChI=1S/C16H23N3/c1-18-10-7-16(8-11-18)19(2)13-15-5-3-4-14(12-15)6-9-17/h3-5,12,16H,6-8,10-11,13H2,1-2H3. The molecule has 0 unspecified atom stereocenters. The predicted octanol–water partition coefficient (Wildman–Crippen LogP) is 2.28. The van der Waals surface area contributed by atoms with E-state index in [9.17, 15) is 0 Å². The second-order valence-corrected chi connectivity index (χ2v) is 5.60. The molecule has 19 heavy (non-hydrogen) atoms. The number of hydrogen-bond acceptors (Lipinski definition) is 3. The van der Waals surface area contributed by atoms with Crippen LogP contribution in [0.3, 0.4) is 0 Å². The first-order valence-corrected chi connectivity index (χ1v) is 7.02. The fraction of sp³-hybridized carbons (Fsp3) is 0.562. The Hall–Kier alpha value is -1.37. The van der Waals surface area contributed by atoms with Crippen molar-refractivity contribution in [1.29, 1.82) is 5.26 Å². The summed E-state index contributed by atoms with van der Waals surface area (Å²) >= 11 is 0. The van der Waals surface area contributed by atoms with Crippen LogP contribution < -0.4 is 0 Å². The molecule has 0 N–H and O–H groups in total. The molecular weight excluding hydrogens is 234 g/mol. The molecule has 1 aromatic rings. The first-order chi connectivity index (χ1) is 9.19. The number of rotatable bonds is 4. The summed E-state index contributed by atoms with van der Waals surface area (Å²) in [6.45, 7) is 3.38. The van der Waals surface area contributed by atoms with Crippen LogP contribution in [0.2, 0.25) is 0 Å². The van der Waals surface area contributed by atoms with Gasteiger partial charge in [0.1, 0.15) is 0 Å². The van der Waals surface area contributed by atoms with Gasteiger partial charge in [-0.3, -0.25) is 4.90 Å². The quantitative estimate of drug-likeness (QED) is 0.829. The Morgan fingerprint density at radius 3 is 2.68 bits per heavy atom. The van der Waals surface area contributed by atoms with Crippen molar-refractivity contribution in [1.82, 2.24) is 9.80 Å². The summed E-state index contributed by atoms with van der Waals surface area (Å²) in [4.78, 5) is 4.86. The van der Waals surface area contributed by atoms with Crippen LogP contribution in [0, 0.1) is 11.3 Å². The fourth-order valence-electron chi connectivity index (χ4n) is 2.78. The van der Waals surface area contributed by atoms with Crippen LogP contribution in [-0.2, 0) is 13.0 Å². The summed E-state index contributed by atoms with van der Waals surface area (Å²) in [7, 11) is 4.41. The van der Waals surface area contributed by atoms with Gasteiger partial charge in [-0.25, -0.2) is 0 Å². The third-order valence-electron chi connectivity index (χ3n) is 4.02. The van der Waals surface area contributed by atoms with Crippen LogP contribution in [-0.4, -0.2) is 43.0 Å². The smallest absolute Gasteiger partial charge is 0.0669 e. The number of likely N-dealkylation sites (tertiary alicyclic amines) is 1. The van der Waals surface area contributed by atoms with Crippen molar-refractivity contribution in [3.8, 4) is 6.07 Å². The topological polar surface area (TPSA) is 30.3 Å². The van der Waals surface area contributed by atoms with Gasteiger partial charge < -0.3 is 4.90 Å². The fourth-order valence-corrected chi connectivity index (χ4v) is 2.78. The summed E-state index contributed by atoms with van der Waals surface area (Å²) in [5.74, 6) is 0. The van der Waals surface area contributed by atoms with E-state index in [1.165, 1.54) is 31.5 Å². The monoisotopic (exact) mass is 257 g/mol. The molecule has 1 aromatic carbocycles. The SMILES string of the molecule is CN1CCC(N(C)Cc2cccc(CC#N)c2)CC1. The van der Waals surface area contributed by atoms with Crippen molar-refractivity contribution in [2.75, 3.05) is 27.2 Å². The van der Waals surface area contributed by atoms with Crippen molar-refractivity contribution < 1.29 is 0 Å². The third kappa shape index (κ3) is 4.05. The van der Waals surface area contributed by atoms with Gasteiger partial charge >= 0.3 is 0 Å². The molecule has 0 amide bonds. The molecule has 3 heteroatoms. The maximum absolute atomic E-state index is 8.76. The van der Waals surface area contributed by atoms with E-state index in [4.69, 9.17) is 5.26 Å². The highest BCUT2D eigenvalue weighted by Crippen LogP contribution is 2.17. The van der Waals surface area contributed by atoms with Crippen molar-refractivity contribution in [2.45, 2.75) is 31.8 Å². The number of nitrogens with zero attached hydrogens (tertiary/aromatic N) is 3. The molecular formula is C16H23N3. The van der Waals surface area contributed by atoms with Gasteiger partial charge in [0.15, 0.2) is 0 Å².